The molecule has 0 amide bonds. The molecule has 7 heteroatoms. The number of pyridine rings is 2. The molecule has 0 saturated heterocycles. The molecule has 5 aromatic rings. The van der Waals surface area contributed by atoms with Gasteiger partial charge in [0, 0.05) is 27.9 Å². The Balaban J connectivity index is 2.00. The van der Waals surface area contributed by atoms with E-state index < -0.39 is 6.10 Å². The summed E-state index contributed by atoms with van der Waals surface area (Å²) in [5.74, 6) is 1.39. The Kier molecular flexibility index (Phi) is 5.35. The van der Waals surface area contributed by atoms with Crippen molar-refractivity contribution in [3.05, 3.63) is 64.6 Å². The molecule has 178 valence electrons. The highest BCUT2D eigenvalue weighted by Gasteiger charge is 2.25. The Labute approximate surface area is 201 Å². The molecule has 0 bridgehead atoms. The number of fused-ring (bicyclic) bond motifs is 5. The SMILES string of the molecule is C=C(C)Cc1c(OC(C)C(C)=O)ccc2c1c1ccnc3c4ccc(OC)c(OC)c4c(=O)n2c13. The molecule has 0 saturated carbocycles. The van der Waals surface area contributed by atoms with Crippen LogP contribution in [0.15, 0.2) is 53.5 Å². The van der Waals surface area contributed by atoms with Crippen LogP contribution in [-0.2, 0) is 11.2 Å². The summed E-state index contributed by atoms with van der Waals surface area (Å²) in [6.07, 6.45) is 1.68. The molecule has 2 aromatic carbocycles. The number of ketones is 1. The molecule has 0 aliphatic carbocycles. The van der Waals surface area contributed by atoms with E-state index in [1.807, 2.05) is 31.2 Å². The number of nitrogens with zero attached hydrogens (tertiary/aromatic N) is 2. The summed E-state index contributed by atoms with van der Waals surface area (Å²) in [7, 11) is 3.06. The molecule has 1 atom stereocenters. The van der Waals surface area contributed by atoms with E-state index in [1.165, 1.54) is 14.0 Å². The van der Waals surface area contributed by atoms with Crippen molar-refractivity contribution in [2.24, 2.45) is 0 Å². The van der Waals surface area contributed by atoms with Gasteiger partial charge in [0.1, 0.15) is 5.75 Å². The number of benzene rings is 2. The van der Waals surface area contributed by atoms with Crippen LogP contribution in [0.3, 0.4) is 0 Å². The van der Waals surface area contributed by atoms with E-state index >= 15 is 0 Å². The highest BCUT2D eigenvalue weighted by molar-refractivity contribution is 6.20. The molecule has 5 rings (SSSR count). The Bertz CT molecular complexity index is 1720. The number of hydrogen-bond acceptors (Lipinski definition) is 6. The van der Waals surface area contributed by atoms with Crippen LogP contribution < -0.4 is 19.8 Å². The van der Waals surface area contributed by atoms with E-state index in [-0.39, 0.29) is 11.3 Å². The minimum atomic E-state index is -0.597. The van der Waals surface area contributed by atoms with Crippen LogP contribution in [0.5, 0.6) is 17.2 Å². The lowest BCUT2D eigenvalue weighted by atomic mass is 9.99. The number of Topliss-reactive ketones (excluding diaryl/α,β-unsaturated/α-hetero) is 1. The van der Waals surface area contributed by atoms with E-state index in [2.05, 4.69) is 11.6 Å². The molecular weight excluding hydrogens is 444 g/mol. The first-order valence-electron chi connectivity index (χ1n) is 11.3. The van der Waals surface area contributed by atoms with Gasteiger partial charge in [-0.05, 0) is 57.5 Å². The van der Waals surface area contributed by atoms with Crippen molar-refractivity contribution in [3.63, 3.8) is 0 Å². The van der Waals surface area contributed by atoms with Gasteiger partial charge < -0.3 is 14.2 Å². The van der Waals surface area contributed by atoms with Gasteiger partial charge in [0.15, 0.2) is 23.4 Å². The lowest BCUT2D eigenvalue weighted by Gasteiger charge is -2.17. The first-order chi connectivity index (χ1) is 16.8. The maximum Gasteiger partial charge on any atom is 0.267 e. The van der Waals surface area contributed by atoms with Gasteiger partial charge in [-0.15, -0.1) is 0 Å². The van der Waals surface area contributed by atoms with Gasteiger partial charge in [-0.1, -0.05) is 12.2 Å². The van der Waals surface area contributed by atoms with Gasteiger partial charge in [-0.2, -0.15) is 0 Å². The fraction of sp³-hybridized carbons (Fsp3) is 0.250. The van der Waals surface area contributed by atoms with Gasteiger partial charge in [-0.3, -0.25) is 19.0 Å². The molecule has 35 heavy (non-hydrogen) atoms. The van der Waals surface area contributed by atoms with Gasteiger partial charge >= 0.3 is 0 Å². The molecular formula is C28H26N2O5. The lowest BCUT2D eigenvalue weighted by Crippen LogP contribution is -2.21. The number of rotatable bonds is 7. The monoisotopic (exact) mass is 470 g/mol. The van der Waals surface area contributed by atoms with Crippen molar-refractivity contribution in [1.82, 2.24) is 9.38 Å². The van der Waals surface area contributed by atoms with E-state index in [9.17, 15) is 9.59 Å². The highest BCUT2D eigenvalue weighted by Crippen LogP contribution is 2.41. The average molecular weight is 471 g/mol. The molecule has 0 spiro atoms. The number of hydrogen-bond donors (Lipinski definition) is 0. The summed E-state index contributed by atoms with van der Waals surface area (Å²) >= 11 is 0. The Hall–Kier alpha value is -4.13. The molecule has 0 aliphatic rings. The Morgan fingerprint density at radius 2 is 1.77 bits per heavy atom. The summed E-state index contributed by atoms with van der Waals surface area (Å²) in [6.45, 7) is 9.28. The van der Waals surface area contributed by atoms with Gasteiger partial charge in [0.2, 0.25) is 0 Å². The predicted octanol–water partition coefficient (Wildman–Crippen LogP) is 5.08. The third-order valence-corrected chi connectivity index (χ3v) is 6.48. The van der Waals surface area contributed by atoms with Gasteiger partial charge in [0.25, 0.3) is 5.56 Å². The summed E-state index contributed by atoms with van der Waals surface area (Å²) in [5, 5.41) is 2.86. The maximum absolute atomic E-state index is 14.0. The molecule has 7 nitrogen and oxygen atoms in total. The van der Waals surface area contributed by atoms with Crippen LogP contribution in [0, 0.1) is 0 Å². The van der Waals surface area contributed by atoms with E-state index in [0.717, 1.165) is 32.9 Å². The Morgan fingerprint density at radius 3 is 2.43 bits per heavy atom. The number of allylic oxidation sites excluding steroid dienone is 1. The summed E-state index contributed by atoms with van der Waals surface area (Å²) in [5.41, 5.74) is 3.75. The second-order valence-electron chi connectivity index (χ2n) is 8.86. The second-order valence-corrected chi connectivity index (χ2v) is 8.86. The number of methoxy groups -OCH3 is 2. The quantitative estimate of drug-likeness (QED) is 0.244. The van der Waals surface area contributed by atoms with Gasteiger partial charge in [0.05, 0.1) is 36.2 Å². The average Bonchev–Trinajstić information content (AvgIpc) is 3.18. The topological polar surface area (TPSA) is 79.1 Å². The molecule has 0 fully saturated rings. The first kappa shape index (κ1) is 22.7. The van der Waals surface area contributed by atoms with Crippen LogP contribution in [0.2, 0.25) is 0 Å². The third-order valence-electron chi connectivity index (χ3n) is 6.48. The lowest BCUT2D eigenvalue weighted by molar-refractivity contribution is -0.122. The minimum absolute atomic E-state index is 0.0649. The fourth-order valence-electron chi connectivity index (χ4n) is 4.82. The number of aromatic nitrogens is 2. The van der Waals surface area contributed by atoms with E-state index in [0.29, 0.717) is 40.0 Å². The summed E-state index contributed by atoms with van der Waals surface area (Å²) < 4.78 is 18.8. The van der Waals surface area contributed by atoms with Crippen LogP contribution in [0.25, 0.3) is 38.1 Å². The number of carbonyl (C=O) groups is 1. The minimum Gasteiger partial charge on any atom is -0.493 e. The largest absolute Gasteiger partial charge is 0.493 e. The van der Waals surface area contributed by atoms with Crippen molar-refractivity contribution in [2.75, 3.05) is 14.2 Å². The van der Waals surface area contributed by atoms with Crippen molar-refractivity contribution < 1.29 is 19.0 Å². The van der Waals surface area contributed by atoms with Crippen molar-refractivity contribution in [1.29, 1.82) is 0 Å². The van der Waals surface area contributed by atoms with Crippen molar-refractivity contribution in [3.8, 4) is 17.2 Å². The fourth-order valence-corrected chi connectivity index (χ4v) is 4.82. The molecule has 3 heterocycles. The first-order valence-corrected chi connectivity index (χ1v) is 11.3. The summed E-state index contributed by atoms with van der Waals surface area (Å²) in [4.78, 5) is 30.6. The number of carbonyl (C=O) groups excluding carboxylic acids is 1. The number of ether oxygens (including phenoxy) is 3. The highest BCUT2D eigenvalue weighted by atomic mass is 16.5. The van der Waals surface area contributed by atoms with E-state index in [1.54, 1.807) is 30.7 Å². The van der Waals surface area contributed by atoms with Crippen molar-refractivity contribution in [2.45, 2.75) is 33.3 Å². The van der Waals surface area contributed by atoms with Crippen LogP contribution >= 0.6 is 0 Å². The molecule has 1 unspecified atom stereocenters. The molecule has 0 radical (unpaired) electrons. The van der Waals surface area contributed by atoms with Crippen LogP contribution in [0.1, 0.15) is 26.3 Å². The molecule has 3 aromatic heterocycles. The van der Waals surface area contributed by atoms with Crippen LogP contribution in [-0.4, -0.2) is 35.5 Å². The van der Waals surface area contributed by atoms with E-state index in [4.69, 9.17) is 14.2 Å². The van der Waals surface area contributed by atoms with Crippen molar-refractivity contribution >= 4 is 43.9 Å². The van der Waals surface area contributed by atoms with Gasteiger partial charge in [-0.25, -0.2) is 0 Å². The smallest absolute Gasteiger partial charge is 0.267 e. The standard InChI is InChI=1S/C28H26N2O5/c1-14(2)13-19-21(35-16(4)15(3)31)10-8-20-23(19)18-11-12-29-25-17-7-9-22(33-5)27(34-6)24(17)28(32)30(20)26(18)25/h7-12,16H,1,13H2,2-6H3. The summed E-state index contributed by atoms with van der Waals surface area (Å²) in [6, 6.07) is 9.22. The Morgan fingerprint density at radius 1 is 1.03 bits per heavy atom. The predicted molar refractivity (Wildman–Crippen MR) is 138 cm³/mol. The molecule has 0 N–H and O–H groups in total. The van der Waals surface area contributed by atoms with Crippen LogP contribution in [0.4, 0.5) is 0 Å². The molecule has 0 aliphatic heterocycles. The zero-order valence-corrected chi connectivity index (χ0v) is 20.4. The third kappa shape index (κ3) is 3.30. The maximum atomic E-state index is 14.0. The normalized spacial score (nSPS) is 12.5. The zero-order valence-electron chi connectivity index (χ0n) is 20.4. The second kappa shape index (κ2) is 8.27. The zero-order chi connectivity index (χ0) is 25.0.